The summed E-state index contributed by atoms with van der Waals surface area (Å²) in [6, 6.07) is 0.536. The van der Waals surface area contributed by atoms with E-state index < -0.39 is 0 Å². The highest BCUT2D eigenvalue weighted by Gasteiger charge is 2.33. The number of rotatable bonds is 8. The van der Waals surface area contributed by atoms with Gasteiger partial charge in [0, 0.05) is 19.2 Å². The number of nitrogens with one attached hydrogen (secondary N) is 1. The minimum absolute atomic E-state index is 0.303. The zero-order valence-corrected chi connectivity index (χ0v) is 12.2. The van der Waals surface area contributed by atoms with E-state index >= 15 is 0 Å². The molecule has 2 fully saturated rings. The van der Waals surface area contributed by atoms with E-state index in [4.69, 9.17) is 4.74 Å². The second-order valence-corrected chi connectivity index (χ2v) is 5.83. The van der Waals surface area contributed by atoms with Crippen LogP contribution in [0.3, 0.4) is 0 Å². The largest absolute Gasteiger partial charge is 0.381 e. The summed E-state index contributed by atoms with van der Waals surface area (Å²) >= 11 is 0. The summed E-state index contributed by atoms with van der Waals surface area (Å²) in [5.41, 5.74) is 0. The maximum atomic E-state index is 12.3. The van der Waals surface area contributed by atoms with Crippen molar-refractivity contribution in [1.82, 2.24) is 10.2 Å². The monoisotopic (exact) mass is 268 g/mol. The quantitative estimate of drug-likeness (QED) is 0.682. The second kappa shape index (κ2) is 7.85. The first-order valence-corrected chi connectivity index (χ1v) is 7.89. The first-order valence-electron chi connectivity index (χ1n) is 7.89. The maximum absolute atomic E-state index is 12.3. The molecule has 1 saturated carbocycles. The molecule has 1 aliphatic heterocycles. The lowest BCUT2D eigenvalue weighted by Crippen LogP contribution is -2.40. The second-order valence-electron chi connectivity index (χ2n) is 5.83. The molecule has 4 nitrogen and oxygen atoms in total. The lowest BCUT2D eigenvalue weighted by atomic mass is 9.97. The van der Waals surface area contributed by atoms with E-state index in [0.717, 1.165) is 32.7 Å². The number of piperidine rings is 1. The van der Waals surface area contributed by atoms with Gasteiger partial charge < -0.3 is 15.0 Å². The van der Waals surface area contributed by atoms with E-state index in [1.807, 2.05) is 0 Å². The standard InChI is InChI=1S/C15H28N2O2/c1-2-10-19-11-7-15(18)17(14-3-4-14)12-13-5-8-16-9-6-13/h13-14,16H,2-12H2,1H3. The number of hydrogen-bond donors (Lipinski definition) is 1. The fraction of sp³-hybridized carbons (Fsp3) is 0.933. The van der Waals surface area contributed by atoms with E-state index in [0.29, 0.717) is 30.9 Å². The van der Waals surface area contributed by atoms with Gasteiger partial charge in [-0.2, -0.15) is 0 Å². The SMILES string of the molecule is CCCOCCC(=O)N(CC1CCNCC1)C1CC1. The molecule has 0 unspecified atom stereocenters. The summed E-state index contributed by atoms with van der Waals surface area (Å²) in [4.78, 5) is 14.4. The normalized spacial score (nSPS) is 20.5. The molecular formula is C15H28N2O2. The van der Waals surface area contributed by atoms with E-state index in [1.165, 1.54) is 25.7 Å². The molecule has 0 atom stereocenters. The summed E-state index contributed by atoms with van der Waals surface area (Å²) in [5.74, 6) is 1.000. The van der Waals surface area contributed by atoms with Gasteiger partial charge in [0.15, 0.2) is 0 Å². The van der Waals surface area contributed by atoms with Crippen molar-refractivity contribution in [2.24, 2.45) is 5.92 Å². The Morgan fingerprint density at radius 2 is 1.95 bits per heavy atom. The molecule has 2 aliphatic rings. The Hall–Kier alpha value is -0.610. The van der Waals surface area contributed by atoms with Gasteiger partial charge in [-0.05, 0) is 51.1 Å². The van der Waals surface area contributed by atoms with Crippen molar-refractivity contribution in [3.63, 3.8) is 0 Å². The topological polar surface area (TPSA) is 41.6 Å². The van der Waals surface area contributed by atoms with Crippen molar-refractivity contribution in [3.8, 4) is 0 Å². The Labute approximate surface area is 116 Å². The summed E-state index contributed by atoms with van der Waals surface area (Å²) in [6.07, 6.45) is 6.40. The third-order valence-corrected chi connectivity index (χ3v) is 4.03. The van der Waals surface area contributed by atoms with Crippen LogP contribution in [0.5, 0.6) is 0 Å². The Bertz CT molecular complexity index is 273. The van der Waals surface area contributed by atoms with E-state index in [-0.39, 0.29) is 0 Å². The van der Waals surface area contributed by atoms with Crippen LogP contribution in [0.1, 0.15) is 45.4 Å². The van der Waals surface area contributed by atoms with E-state index in [2.05, 4.69) is 17.1 Å². The Balaban J connectivity index is 1.73. The molecule has 0 bridgehead atoms. The third kappa shape index (κ3) is 5.11. The Morgan fingerprint density at radius 3 is 2.58 bits per heavy atom. The highest BCUT2D eigenvalue weighted by Crippen LogP contribution is 2.29. The van der Waals surface area contributed by atoms with Crippen LogP contribution in [0, 0.1) is 5.92 Å². The van der Waals surface area contributed by atoms with Gasteiger partial charge >= 0.3 is 0 Å². The molecule has 0 spiro atoms. The van der Waals surface area contributed by atoms with Crippen molar-refractivity contribution in [1.29, 1.82) is 0 Å². The Kier molecular flexibility index (Phi) is 6.11. The van der Waals surface area contributed by atoms with Gasteiger partial charge in [-0.1, -0.05) is 6.92 Å². The van der Waals surface area contributed by atoms with Gasteiger partial charge in [-0.15, -0.1) is 0 Å². The van der Waals surface area contributed by atoms with Gasteiger partial charge in [0.05, 0.1) is 13.0 Å². The van der Waals surface area contributed by atoms with Gasteiger partial charge in [0.1, 0.15) is 0 Å². The molecule has 1 amide bonds. The van der Waals surface area contributed by atoms with Gasteiger partial charge in [-0.3, -0.25) is 4.79 Å². The lowest BCUT2D eigenvalue weighted by molar-refractivity contribution is -0.133. The van der Waals surface area contributed by atoms with Gasteiger partial charge in [-0.25, -0.2) is 0 Å². The van der Waals surface area contributed by atoms with Crippen LogP contribution in [0.15, 0.2) is 0 Å². The molecule has 1 saturated heterocycles. The summed E-state index contributed by atoms with van der Waals surface area (Å²) in [7, 11) is 0. The number of carbonyl (C=O) groups excluding carboxylic acids is 1. The lowest BCUT2D eigenvalue weighted by Gasteiger charge is -2.30. The number of nitrogens with zero attached hydrogens (tertiary/aromatic N) is 1. The number of hydrogen-bond acceptors (Lipinski definition) is 3. The molecule has 2 rings (SSSR count). The molecule has 0 radical (unpaired) electrons. The van der Waals surface area contributed by atoms with Crippen molar-refractivity contribution < 1.29 is 9.53 Å². The highest BCUT2D eigenvalue weighted by molar-refractivity contribution is 5.77. The third-order valence-electron chi connectivity index (χ3n) is 4.03. The molecule has 0 aromatic heterocycles. The molecule has 110 valence electrons. The average Bonchev–Trinajstić information content (AvgIpc) is 3.26. The Morgan fingerprint density at radius 1 is 1.21 bits per heavy atom. The fourth-order valence-electron chi connectivity index (χ4n) is 2.73. The van der Waals surface area contributed by atoms with Crippen LogP contribution in [0.2, 0.25) is 0 Å². The molecule has 1 heterocycles. The molecule has 0 aromatic rings. The molecule has 1 aliphatic carbocycles. The molecule has 19 heavy (non-hydrogen) atoms. The molecular weight excluding hydrogens is 240 g/mol. The van der Waals surface area contributed by atoms with Crippen molar-refractivity contribution in [2.45, 2.75) is 51.5 Å². The van der Waals surface area contributed by atoms with Crippen molar-refractivity contribution >= 4 is 5.91 Å². The number of ether oxygens (including phenoxy) is 1. The molecule has 0 aromatic carbocycles. The van der Waals surface area contributed by atoms with Crippen molar-refractivity contribution in [3.05, 3.63) is 0 Å². The smallest absolute Gasteiger partial charge is 0.225 e. The van der Waals surface area contributed by atoms with E-state index in [1.54, 1.807) is 0 Å². The fourth-order valence-corrected chi connectivity index (χ4v) is 2.73. The van der Waals surface area contributed by atoms with Crippen molar-refractivity contribution in [2.75, 3.05) is 32.8 Å². The minimum Gasteiger partial charge on any atom is -0.381 e. The zero-order chi connectivity index (χ0) is 13.5. The average molecular weight is 268 g/mol. The molecule has 4 heteroatoms. The minimum atomic E-state index is 0.303. The zero-order valence-electron chi connectivity index (χ0n) is 12.2. The number of carbonyl (C=O) groups is 1. The van der Waals surface area contributed by atoms with Crippen LogP contribution in [-0.4, -0.2) is 49.7 Å². The number of amides is 1. The summed E-state index contributed by atoms with van der Waals surface area (Å²) < 4.78 is 5.44. The van der Waals surface area contributed by atoms with Crippen LogP contribution in [0.25, 0.3) is 0 Å². The predicted molar refractivity (Wildman–Crippen MR) is 76.1 cm³/mol. The van der Waals surface area contributed by atoms with Crippen LogP contribution < -0.4 is 5.32 Å². The van der Waals surface area contributed by atoms with Gasteiger partial charge in [0.2, 0.25) is 5.91 Å². The first kappa shape index (κ1) is 14.8. The molecule has 1 N–H and O–H groups in total. The van der Waals surface area contributed by atoms with Crippen LogP contribution >= 0.6 is 0 Å². The summed E-state index contributed by atoms with van der Waals surface area (Å²) in [6.45, 7) is 6.63. The first-order chi connectivity index (χ1) is 9.31. The van der Waals surface area contributed by atoms with Crippen LogP contribution in [0.4, 0.5) is 0 Å². The predicted octanol–water partition coefficient (Wildman–Crippen LogP) is 1.79. The summed E-state index contributed by atoms with van der Waals surface area (Å²) in [5, 5.41) is 3.39. The maximum Gasteiger partial charge on any atom is 0.225 e. The highest BCUT2D eigenvalue weighted by atomic mass is 16.5. The van der Waals surface area contributed by atoms with Gasteiger partial charge in [0.25, 0.3) is 0 Å². The van der Waals surface area contributed by atoms with Crippen LogP contribution in [-0.2, 0) is 9.53 Å². The van der Waals surface area contributed by atoms with E-state index in [9.17, 15) is 4.79 Å².